The number of aromatic nitrogens is 3. The highest BCUT2D eigenvalue weighted by Crippen LogP contribution is 2.32. The monoisotopic (exact) mass is 280 g/mol. The molecule has 0 aliphatic carbocycles. The molecule has 2 aromatic carbocycles. The Balaban J connectivity index is 2.29. The molecule has 0 saturated heterocycles. The second-order valence-electron chi connectivity index (χ2n) is 5.29. The molecule has 0 amide bonds. The Morgan fingerprint density at radius 1 is 0.905 bits per heavy atom. The normalized spacial score (nSPS) is 11.0. The summed E-state index contributed by atoms with van der Waals surface area (Å²) in [6.45, 7) is 5.94. The molecule has 0 radical (unpaired) electrons. The summed E-state index contributed by atoms with van der Waals surface area (Å²) in [6.07, 6.45) is 0. The van der Waals surface area contributed by atoms with Gasteiger partial charge in [0.1, 0.15) is 11.3 Å². The van der Waals surface area contributed by atoms with Crippen molar-refractivity contribution < 1.29 is 5.11 Å². The first-order chi connectivity index (χ1) is 9.95. The van der Waals surface area contributed by atoms with E-state index in [2.05, 4.69) is 21.2 Å². The van der Waals surface area contributed by atoms with Crippen LogP contribution < -0.4 is 5.73 Å². The van der Waals surface area contributed by atoms with Gasteiger partial charge in [0.05, 0.1) is 5.52 Å². The van der Waals surface area contributed by atoms with Gasteiger partial charge in [0, 0.05) is 0 Å². The third kappa shape index (κ3) is 2.27. The van der Waals surface area contributed by atoms with Crippen LogP contribution in [-0.2, 0) is 0 Å². The minimum absolute atomic E-state index is 0.176. The van der Waals surface area contributed by atoms with E-state index in [0.29, 0.717) is 5.52 Å². The first-order valence-electron chi connectivity index (χ1n) is 6.67. The first-order valence-corrected chi connectivity index (χ1v) is 6.67. The largest absolute Gasteiger partial charge is 0.508 e. The van der Waals surface area contributed by atoms with Crippen molar-refractivity contribution in [2.75, 3.05) is 5.73 Å². The molecule has 0 aliphatic heterocycles. The van der Waals surface area contributed by atoms with Crippen LogP contribution in [0.15, 0.2) is 24.3 Å². The first kappa shape index (κ1) is 13.3. The molecule has 106 valence electrons. The van der Waals surface area contributed by atoms with Gasteiger partial charge in [-0.2, -0.15) is 0 Å². The number of hydrogen-bond acceptors (Lipinski definition) is 5. The molecule has 5 nitrogen and oxygen atoms in total. The molecule has 0 saturated carbocycles. The maximum Gasteiger partial charge on any atom is 0.240 e. The van der Waals surface area contributed by atoms with Crippen molar-refractivity contribution >= 4 is 17.0 Å². The van der Waals surface area contributed by atoms with Gasteiger partial charge in [0.2, 0.25) is 5.95 Å². The van der Waals surface area contributed by atoms with E-state index in [1.165, 1.54) is 0 Å². The molecule has 5 heteroatoms. The maximum absolute atomic E-state index is 9.68. The lowest BCUT2D eigenvalue weighted by Gasteiger charge is -2.12. The molecule has 1 heterocycles. The summed E-state index contributed by atoms with van der Waals surface area (Å²) in [5.41, 5.74) is 12.2. The van der Waals surface area contributed by atoms with Gasteiger partial charge in [0.15, 0.2) is 0 Å². The lowest BCUT2D eigenvalue weighted by Crippen LogP contribution is -1.99. The Bertz CT molecular complexity index is 835. The molecule has 3 N–H and O–H groups in total. The van der Waals surface area contributed by atoms with Crippen molar-refractivity contribution in [3.05, 3.63) is 41.0 Å². The highest BCUT2D eigenvalue weighted by Gasteiger charge is 2.11. The number of nitrogen functional groups attached to an aromatic ring is 1. The average molecular weight is 280 g/mol. The Labute approximate surface area is 122 Å². The number of aromatic hydroxyl groups is 1. The van der Waals surface area contributed by atoms with E-state index in [-0.39, 0.29) is 11.7 Å². The van der Waals surface area contributed by atoms with Gasteiger partial charge in [-0.25, -0.2) is 4.98 Å². The van der Waals surface area contributed by atoms with Gasteiger partial charge in [-0.3, -0.25) is 0 Å². The van der Waals surface area contributed by atoms with Gasteiger partial charge >= 0.3 is 0 Å². The fourth-order valence-electron chi connectivity index (χ4n) is 2.76. The number of anilines is 1. The Morgan fingerprint density at radius 2 is 1.57 bits per heavy atom. The van der Waals surface area contributed by atoms with Gasteiger partial charge in [0.25, 0.3) is 0 Å². The molecule has 0 unspecified atom stereocenters. The summed E-state index contributed by atoms with van der Waals surface area (Å²) < 4.78 is 0. The number of hydrogen-bond donors (Lipinski definition) is 2. The Morgan fingerprint density at radius 3 is 2.24 bits per heavy atom. The van der Waals surface area contributed by atoms with Gasteiger partial charge in [-0.05, 0) is 72.9 Å². The molecule has 0 aliphatic rings. The summed E-state index contributed by atoms with van der Waals surface area (Å²) in [5.74, 6) is 0.454. The van der Waals surface area contributed by atoms with Crippen LogP contribution in [0.2, 0.25) is 0 Å². The van der Waals surface area contributed by atoms with Gasteiger partial charge < -0.3 is 10.8 Å². The predicted molar refractivity (Wildman–Crippen MR) is 83.1 cm³/mol. The van der Waals surface area contributed by atoms with Crippen molar-refractivity contribution in [2.45, 2.75) is 20.8 Å². The number of aryl methyl sites for hydroxylation is 3. The molecule has 0 bridgehead atoms. The second kappa shape index (κ2) is 4.70. The molecular weight excluding hydrogens is 264 g/mol. The number of benzene rings is 2. The van der Waals surface area contributed by atoms with Crippen molar-refractivity contribution in [3.63, 3.8) is 0 Å². The van der Waals surface area contributed by atoms with E-state index in [0.717, 1.165) is 33.3 Å². The number of nitrogens with zero attached hydrogens (tertiary/aromatic N) is 3. The lowest BCUT2D eigenvalue weighted by molar-refractivity contribution is 0.474. The quantitative estimate of drug-likeness (QED) is 0.716. The van der Waals surface area contributed by atoms with Crippen LogP contribution in [0.25, 0.3) is 22.2 Å². The van der Waals surface area contributed by atoms with Crippen molar-refractivity contribution in [1.29, 1.82) is 0 Å². The summed E-state index contributed by atoms with van der Waals surface area (Å²) in [5, 5.41) is 17.6. The smallest absolute Gasteiger partial charge is 0.240 e. The third-order valence-electron chi connectivity index (χ3n) is 3.57. The highest BCUT2D eigenvalue weighted by atomic mass is 16.3. The standard InChI is InChI=1S/C16H16N4O/c1-8-5-12(21)6-9(2)14(8)11-4-10(3)15-13(7-11)19-20-16(17)18-15/h4-7,21H,1-3H3,(H2,17,18,20). The SMILES string of the molecule is Cc1cc(O)cc(C)c1-c1cc(C)c2nc(N)nnc2c1. The molecule has 0 atom stereocenters. The van der Waals surface area contributed by atoms with E-state index < -0.39 is 0 Å². The van der Waals surface area contributed by atoms with Crippen LogP contribution in [0.5, 0.6) is 5.75 Å². The average Bonchev–Trinajstić information content (AvgIpc) is 2.38. The lowest BCUT2D eigenvalue weighted by atomic mass is 9.94. The van der Waals surface area contributed by atoms with E-state index in [1.54, 1.807) is 12.1 Å². The number of fused-ring (bicyclic) bond motifs is 1. The molecule has 0 fully saturated rings. The maximum atomic E-state index is 9.68. The molecule has 0 spiro atoms. The number of rotatable bonds is 1. The van der Waals surface area contributed by atoms with Gasteiger partial charge in [-0.15, -0.1) is 10.2 Å². The zero-order valence-electron chi connectivity index (χ0n) is 12.2. The minimum atomic E-state index is 0.176. The topological polar surface area (TPSA) is 84.9 Å². The van der Waals surface area contributed by atoms with Gasteiger partial charge in [-0.1, -0.05) is 0 Å². The van der Waals surface area contributed by atoms with E-state index >= 15 is 0 Å². The molecule has 3 rings (SSSR count). The van der Waals surface area contributed by atoms with Crippen LogP contribution in [0, 0.1) is 20.8 Å². The summed E-state index contributed by atoms with van der Waals surface area (Å²) >= 11 is 0. The zero-order valence-corrected chi connectivity index (χ0v) is 12.2. The summed E-state index contributed by atoms with van der Waals surface area (Å²) in [4.78, 5) is 4.23. The third-order valence-corrected chi connectivity index (χ3v) is 3.57. The Kier molecular flexibility index (Phi) is 2.97. The summed E-state index contributed by atoms with van der Waals surface area (Å²) in [6, 6.07) is 7.53. The van der Waals surface area contributed by atoms with Crippen LogP contribution >= 0.6 is 0 Å². The number of phenols is 1. The fraction of sp³-hybridized carbons (Fsp3) is 0.188. The van der Waals surface area contributed by atoms with Crippen molar-refractivity contribution in [2.24, 2.45) is 0 Å². The highest BCUT2D eigenvalue weighted by molar-refractivity contribution is 5.86. The molecule has 3 aromatic rings. The van der Waals surface area contributed by atoms with Crippen molar-refractivity contribution in [1.82, 2.24) is 15.2 Å². The number of nitrogens with two attached hydrogens (primary N) is 1. The number of phenolic OH excluding ortho intramolecular Hbond substituents is 1. The van der Waals surface area contributed by atoms with E-state index in [9.17, 15) is 5.11 Å². The van der Waals surface area contributed by atoms with Crippen molar-refractivity contribution in [3.8, 4) is 16.9 Å². The van der Waals surface area contributed by atoms with Crippen LogP contribution in [0.3, 0.4) is 0 Å². The van der Waals surface area contributed by atoms with Crippen LogP contribution in [0.4, 0.5) is 5.95 Å². The van der Waals surface area contributed by atoms with Crippen LogP contribution in [0.1, 0.15) is 16.7 Å². The molecular formula is C16H16N4O. The van der Waals surface area contributed by atoms with Crippen LogP contribution in [-0.4, -0.2) is 20.3 Å². The van der Waals surface area contributed by atoms with E-state index in [1.807, 2.05) is 26.8 Å². The minimum Gasteiger partial charge on any atom is -0.508 e. The molecule has 21 heavy (non-hydrogen) atoms. The molecule has 1 aromatic heterocycles. The predicted octanol–water partition coefficient (Wildman–Crippen LogP) is 2.90. The fourth-order valence-corrected chi connectivity index (χ4v) is 2.76. The zero-order chi connectivity index (χ0) is 15.1. The summed E-state index contributed by atoms with van der Waals surface area (Å²) in [7, 11) is 0. The second-order valence-corrected chi connectivity index (χ2v) is 5.29. The van der Waals surface area contributed by atoms with E-state index in [4.69, 9.17) is 5.73 Å². The Hall–Kier alpha value is -2.69.